The fourth-order valence-electron chi connectivity index (χ4n) is 1.34. The molecule has 2 heterocycles. The second kappa shape index (κ2) is 4.73. The van der Waals surface area contributed by atoms with Crippen molar-refractivity contribution in [2.45, 2.75) is 0 Å². The summed E-state index contributed by atoms with van der Waals surface area (Å²) < 4.78 is 11.6. The van der Waals surface area contributed by atoms with E-state index in [1.54, 1.807) is 24.9 Å². The Kier molecular flexibility index (Phi) is 3.13. The molecule has 2 aromatic rings. The molecule has 0 bridgehead atoms. The molecule has 0 amide bonds. The summed E-state index contributed by atoms with van der Waals surface area (Å²) in [6.07, 6.45) is 0. The smallest absolute Gasteiger partial charge is 0.322 e. The van der Waals surface area contributed by atoms with Gasteiger partial charge in [-0.2, -0.15) is 20.1 Å². The third-order valence-electron chi connectivity index (χ3n) is 2.10. The van der Waals surface area contributed by atoms with E-state index in [1.165, 1.54) is 7.11 Å². The molecule has 18 heavy (non-hydrogen) atoms. The molecular weight excluding hydrogens is 238 g/mol. The van der Waals surface area contributed by atoms with Crippen LogP contribution in [-0.4, -0.2) is 39.0 Å². The molecule has 0 aliphatic heterocycles. The Morgan fingerprint density at radius 3 is 2.61 bits per heavy atom. The molecule has 0 atom stereocenters. The Morgan fingerprint density at radius 1 is 1.22 bits per heavy atom. The summed E-state index contributed by atoms with van der Waals surface area (Å²) in [7, 11) is 4.76. The molecule has 0 aliphatic rings. The summed E-state index contributed by atoms with van der Waals surface area (Å²) >= 11 is 0. The zero-order chi connectivity index (χ0) is 13.1. The highest BCUT2D eigenvalue weighted by molar-refractivity contribution is 5.50. The van der Waals surface area contributed by atoms with Crippen LogP contribution in [0.5, 0.6) is 11.9 Å². The Morgan fingerprint density at radius 2 is 2.00 bits per heavy atom. The molecule has 9 nitrogen and oxygen atoms in total. The second-order valence-electron chi connectivity index (χ2n) is 3.32. The maximum Gasteiger partial charge on any atom is 0.322 e. The Labute approximate surface area is 103 Å². The predicted octanol–water partition coefficient (Wildman–Crippen LogP) is -0.0519. The number of anilines is 3. The van der Waals surface area contributed by atoms with Crippen molar-refractivity contribution in [3.8, 4) is 11.9 Å². The molecule has 0 unspecified atom stereocenters. The second-order valence-corrected chi connectivity index (χ2v) is 3.32. The first-order valence-corrected chi connectivity index (χ1v) is 5.03. The fraction of sp³-hybridized carbons (Fsp3) is 0.333. The van der Waals surface area contributed by atoms with Crippen LogP contribution in [0.2, 0.25) is 0 Å². The largest absolute Gasteiger partial charge is 0.481 e. The van der Waals surface area contributed by atoms with E-state index in [0.29, 0.717) is 11.7 Å². The monoisotopic (exact) mass is 251 g/mol. The highest BCUT2D eigenvalue weighted by Gasteiger charge is 2.09. The number of rotatable bonds is 4. The summed E-state index contributed by atoms with van der Waals surface area (Å²) in [5.41, 5.74) is 5.52. The number of nitrogens with zero attached hydrogens (tertiary/aromatic N) is 5. The molecule has 2 aromatic heterocycles. The third kappa shape index (κ3) is 2.39. The number of hydrogen-bond donors (Lipinski definition) is 2. The van der Waals surface area contributed by atoms with Crippen LogP contribution in [0, 0.1) is 0 Å². The van der Waals surface area contributed by atoms with Crippen LogP contribution in [0.3, 0.4) is 0 Å². The molecule has 0 aromatic carbocycles. The van der Waals surface area contributed by atoms with Crippen LogP contribution < -0.4 is 20.5 Å². The lowest BCUT2D eigenvalue weighted by atomic mass is 10.6. The van der Waals surface area contributed by atoms with Gasteiger partial charge in [0.2, 0.25) is 17.8 Å². The molecule has 0 saturated heterocycles. The lowest BCUT2D eigenvalue weighted by Crippen LogP contribution is -2.05. The van der Waals surface area contributed by atoms with Gasteiger partial charge in [-0.3, -0.25) is 0 Å². The molecule has 0 radical (unpaired) electrons. The number of aryl methyl sites for hydroxylation is 1. The minimum absolute atomic E-state index is 0.0623. The number of nitrogens with two attached hydrogens (primary N) is 1. The predicted molar refractivity (Wildman–Crippen MR) is 63.8 cm³/mol. The van der Waals surface area contributed by atoms with Gasteiger partial charge in [-0.15, -0.1) is 0 Å². The van der Waals surface area contributed by atoms with E-state index < -0.39 is 0 Å². The molecule has 9 heteroatoms. The first-order valence-electron chi connectivity index (χ1n) is 5.03. The van der Waals surface area contributed by atoms with Crippen molar-refractivity contribution in [3.63, 3.8) is 0 Å². The minimum atomic E-state index is 0.0623. The molecule has 0 aliphatic carbocycles. The van der Waals surface area contributed by atoms with Crippen LogP contribution in [0.4, 0.5) is 17.7 Å². The molecule has 2 rings (SSSR count). The van der Waals surface area contributed by atoms with Crippen molar-refractivity contribution in [3.05, 3.63) is 6.07 Å². The molecular formula is C9H13N7O2. The van der Waals surface area contributed by atoms with Gasteiger partial charge < -0.3 is 20.5 Å². The van der Waals surface area contributed by atoms with Crippen LogP contribution in [0.15, 0.2) is 6.07 Å². The van der Waals surface area contributed by atoms with E-state index in [1.807, 2.05) is 0 Å². The van der Waals surface area contributed by atoms with Crippen LogP contribution in [0.1, 0.15) is 0 Å². The van der Waals surface area contributed by atoms with Crippen molar-refractivity contribution >= 4 is 17.7 Å². The lowest BCUT2D eigenvalue weighted by molar-refractivity contribution is 0.373. The quantitative estimate of drug-likeness (QED) is 0.777. The van der Waals surface area contributed by atoms with Crippen LogP contribution >= 0.6 is 0 Å². The summed E-state index contributed by atoms with van der Waals surface area (Å²) in [6.45, 7) is 0. The van der Waals surface area contributed by atoms with E-state index in [9.17, 15) is 0 Å². The van der Waals surface area contributed by atoms with E-state index >= 15 is 0 Å². The zero-order valence-corrected chi connectivity index (χ0v) is 10.2. The minimum Gasteiger partial charge on any atom is -0.481 e. The summed E-state index contributed by atoms with van der Waals surface area (Å²) in [6, 6.07) is 1.83. The Bertz CT molecular complexity index is 554. The molecule has 0 saturated carbocycles. The van der Waals surface area contributed by atoms with Crippen molar-refractivity contribution in [2.75, 3.05) is 25.3 Å². The van der Waals surface area contributed by atoms with E-state index in [-0.39, 0.29) is 17.9 Å². The van der Waals surface area contributed by atoms with E-state index in [4.69, 9.17) is 15.2 Å². The molecule has 0 spiro atoms. The first-order chi connectivity index (χ1) is 8.62. The number of hydrogen-bond acceptors (Lipinski definition) is 8. The van der Waals surface area contributed by atoms with Gasteiger partial charge in [0.1, 0.15) is 0 Å². The normalized spacial score (nSPS) is 10.2. The SMILES string of the molecule is COc1nc(N)nc(Nc2cc(OC)n(C)n2)n1. The zero-order valence-electron chi connectivity index (χ0n) is 10.2. The summed E-state index contributed by atoms with van der Waals surface area (Å²) in [5.74, 6) is 1.45. The fourth-order valence-corrected chi connectivity index (χ4v) is 1.34. The van der Waals surface area contributed by atoms with E-state index in [2.05, 4.69) is 25.4 Å². The number of methoxy groups -OCH3 is 2. The van der Waals surface area contributed by atoms with Gasteiger partial charge in [0.25, 0.3) is 0 Å². The van der Waals surface area contributed by atoms with E-state index in [0.717, 1.165) is 0 Å². The first kappa shape index (κ1) is 11.9. The van der Waals surface area contributed by atoms with Crippen molar-refractivity contribution in [1.29, 1.82) is 0 Å². The summed E-state index contributed by atoms with van der Waals surface area (Å²) in [5, 5.41) is 7.04. The number of aromatic nitrogens is 5. The van der Waals surface area contributed by atoms with Gasteiger partial charge in [-0.1, -0.05) is 0 Å². The summed E-state index contributed by atoms with van der Waals surface area (Å²) in [4.78, 5) is 11.7. The third-order valence-corrected chi connectivity index (χ3v) is 2.10. The molecule has 0 fully saturated rings. The number of nitrogens with one attached hydrogen (secondary N) is 1. The van der Waals surface area contributed by atoms with Gasteiger partial charge in [0.15, 0.2) is 5.82 Å². The average molecular weight is 251 g/mol. The van der Waals surface area contributed by atoms with Crippen molar-refractivity contribution in [2.24, 2.45) is 7.05 Å². The average Bonchev–Trinajstić information content (AvgIpc) is 2.68. The number of nitrogen functional groups attached to an aromatic ring is 1. The lowest BCUT2D eigenvalue weighted by Gasteiger charge is -2.03. The highest BCUT2D eigenvalue weighted by atomic mass is 16.5. The maximum atomic E-state index is 5.52. The Hall–Kier alpha value is -2.58. The van der Waals surface area contributed by atoms with Gasteiger partial charge >= 0.3 is 6.01 Å². The van der Waals surface area contributed by atoms with Gasteiger partial charge in [0.05, 0.1) is 14.2 Å². The van der Waals surface area contributed by atoms with Gasteiger partial charge in [-0.25, -0.2) is 4.68 Å². The van der Waals surface area contributed by atoms with Crippen LogP contribution in [-0.2, 0) is 7.05 Å². The standard InChI is InChI=1S/C9H13N7O2/c1-16-6(17-2)4-5(15-16)11-8-12-7(10)13-9(14-8)18-3/h4H,1-3H3,(H3,10,11,12,13,14,15). The van der Waals surface area contributed by atoms with Gasteiger partial charge in [0, 0.05) is 13.1 Å². The Balaban J connectivity index is 2.24. The van der Waals surface area contributed by atoms with Crippen molar-refractivity contribution < 1.29 is 9.47 Å². The number of ether oxygens (including phenoxy) is 2. The van der Waals surface area contributed by atoms with Crippen molar-refractivity contribution in [1.82, 2.24) is 24.7 Å². The molecule has 96 valence electrons. The van der Waals surface area contributed by atoms with Crippen LogP contribution in [0.25, 0.3) is 0 Å². The highest BCUT2D eigenvalue weighted by Crippen LogP contribution is 2.19. The topological polar surface area (TPSA) is 113 Å². The van der Waals surface area contributed by atoms with Gasteiger partial charge in [-0.05, 0) is 0 Å². The maximum absolute atomic E-state index is 5.52. The molecule has 3 N–H and O–H groups in total.